The number of carbonyl (C=O) groups is 2. The number of alkyl carbamates (subject to hydrolysis) is 1. The van der Waals surface area contributed by atoms with Crippen molar-refractivity contribution in [1.29, 1.82) is 0 Å². The maximum Gasteiger partial charge on any atom is 0.407 e. The number of carboxylic acids is 1. The molecule has 21 heavy (non-hydrogen) atoms. The Labute approximate surface area is 125 Å². The molecule has 3 N–H and O–H groups in total. The van der Waals surface area contributed by atoms with Crippen molar-refractivity contribution >= 4 is 12.1 Å². The molecule has 6 heteroatoms. The molecule has 4 atom stereocenters. The van der Waals surface area contributed by atoms with E-state index < -0.39 is 17.7 Å². The molecule has 1 heterocycles. The van der Waals surface area contributed by atoms with Crippen LogP contribution in [0.2, 0.25) is 0 Å². The number of hydrogen-bond acceptors (Lipinski definition) is 4. The summed E-state index contributed by atoms with van der Waals surface area (Å²) in [6.07, 6.45) is 3.17. The van der Waals surface area contributed by atoms with Crippen LogP contribution >= 0.6 is 0 Å². The lowest BCUT2D eigenvalue weighted by molar-refractivity contribution is -0.143. The van der Waals surface area contributed by atoms with Crippen molar-refractivity contribution in [1.82, 2.24) is 10.6 Å². The largest absolute Gasteiger partial charge is 0.481 e. The second kappa shape index (κ2) is 6.22. The van der Waals surface area contributed by atoms with Crippen LogP contribution in [0.3, 0.4) is 0 Å². The molecule has 6 nitrogen and oxygen atoms in total. The van der Waals surface area contributed by atoms with Crippen molar-refractivity contribution < 1.29 is 19.4 Å². The standard InChI is InChI=1S/C15H26N2O4/c1-15(2,3)21-14(20)17-12-6-4-5-11-10(12)7-9(8-16-11)13(18)19/h9-12,16H,4-8H2,1-3H3,(H,17,20)(H,18,19). The van der Waals surface area contributed by atoms with Gasteiger partial charge in [0.1, 0.15) is 5.60 Å². The molecular weight excluding hydrogens is 272 g/mol. The number of ether oxygens (including phenoxy) is 1. The molecule has 0 aromatic carbocycles. The van der Waals surface area contributed by atoms with E-state index in [0.717, 1.165) is 19.3 Å². The number of hydrogen-bond donors (Lipinski definition) is 3. The predicted octanol–water partition coefficient (Wildman–Crippen LogP) is 1.74. The Balaban J connectivity index is 1.98. The zero-order chi connectivity index (χ0) is 15.6. The predicted molar refractivity (Wildman–Crippen MR) is 78.0 cm³/mol. The number of piperidine rings is 1. The highest BCUT2D eigenvalue weighted by atomic mass is 16.6. The van der Waals surface area contributed by atoms with Gasteiger partial charge in [-0.25, -0.2) is 4.79 Å². The number of carboxylic acid groups (broad SMARTS) is 1. The molecule has 4 unspecified atom stereocenters. The Hall–Kier alpha value is -1.30. The van der Waals surface area contributed by atoms with Gasteiger partial charge in [-0.3, -0.25) is 4.79 Å². The summed E-state index contributed by atoms with van der Waals surface area (Å²) in [5, 5.41) is 15.5. The van der Waals surface area contributed by atoms with Crippen molar-refractivity contribution in [3.05, 3.63) is 0 Å². The Bertz CT molecular complexity index is 405. The lowest BCUT2D eigenvalue weighted by atomic mass is 9.73. The molecule has 2 aliphatic rings. The summed E-state index contributed by atoms with van der Waals surface area (Å²) in [5.41, 5.74) is -0.521. The third-order valence-electron chi connectivity index (χ3n) is 4.30. The zero-order valence-corrected chi connectivity index (χ0v) is 13.0. The summed E-state index contributed by atoms with van der Waals surface area (Å²) in [4.78, 5) is 23.1. The summed E-state index contributed by atoms with van der Waals surface area (Å²) in [5.74, 6) is -0.962. The van der Waals surface area contributed by atoms with Gasteiger partial charge in [0.2, 0.25) is 0 Å². The van der Waals surface area contributed by atoms with Crippen LogP contribution in [-0.4, -0.2) is 41.4 Å². The number of amides is 1. The highest BCUT2D eigenvalue weighted by Crippen LogP contribution is 2.33. The lowest BCUT2D eigenvalue weighted by Crippen LogP contribution is -2.57. The normalized spacial score (nSPS) is 32.9. The van der Waals surface area contributed by atoms with Crippen molar-refractivity contribution in [2.75, 3.05) is 6.54 Å². The van der Waals surface area contributed by atoms with Gasteiger partial charge in [0.05, 0.1) is 5.92 Å². The Morgan fingerprint density at radius 1 is 1.29 bits per heavy atom. The molecule has 0 spiro atoms. The summed E-state index contributed by atoms with van der Waals surface area (Å²) >= 11 is 0. The molecule has 0 bridgehead atoms. The molecule has 2 fully saturated rings. The Kier molecular flexibility index (Phi) is 4.76. The third kappa shape index (κ3) is 4.33. The van der Waals surface area contributed by atoms with Crippen molar-refractivity contribution in [2.45, 2.75) is 64.1 Å². The molecule has 0 radical (unpaired) electrons. The van der Waals surface area contributed by atoms with Gasteiger partial charge in [0.25, 0.3) is 0 Å². The third-order valence-corrected chi connectivity index (χ3v) is 4.30. The van der Waals surface area contributed by atoms with Gasteiger partial charge < -0.3 is 20.5 Å². The van der Waals surface area contributed by atoms with Gasteiger partial charge in [0, 0.05) is 18.6 Å². The quantitative estimate of drug-likeness (QED) is 0.723. The lowest BCUT2D eigenvalue weighted by Gasteiger charge is -2.43. The number of carbonyl (C=O) groups excluding carboxylic acids is 1. The van der Waals surface area contributed by atoms with Gasteiger partial charge in [-0.05, 0) is 52.4 Å². The molecule has 0 aromatic rings. The van der Waals surface area contributed by atoms with Crippen molar-refractivity contribution in [3.63, 3.8) is 0 Å². The van der Waals surface area contributed by atoms with E-state index >= 15 is 0 Å². The first-order valence-corrected chi connectivity index (χ1v) is 7.72. The van der Waals surface area contributed by atoms with Crippen LogP contribution in [0.25, 0.3) is 0 Å². The molecule has 1 amide bonds. The van der Waals surface area contributed by atoms with E-state index in [1.54, 1.807) is 0 Å². The monoisotopic (exact) mass is 298 g/mol. The van der Waals surface area contributed by atoms with E-state index in [1.807, 2.05) is 20.8 Å². The molecule has 0 aromatic heterocycles. The van der Waals surface area contributed by atoms with Crippen LogP contribution in [0.15, 0.2) is 0 Å². The smallest absolute Gasteiger partial charge is 0.407 e. The van der Waals surface area contributed by atoms with Crippen molar-refractivity contribution in [2.24, 2.45) is 11.8 Å². The molecule has 1 saturated heterocycles. The molecule has 2 rings (SSSR count). The first kappa shape index (κ1) is 16.1. The first-order valence-electron chi connectivity index (χ1n) is 7.72. The fourth-order valence-electron chi connectivity index (χ4n) is 3.38. The molecular formula is C15H26N2O4. The summed E-state index contributed by atoms with van der Waals surface area (Å²) in [6.45, 7) is 6.02. The highest BCUT2D eigenvalue weighted by Gasteiger charge is 2.40. The Morgan fingerprint density at radius 3 is 2.62 bits per heavy atom. The summed E-state index contributed by atoms with van der Waals surface area (Å²) in [6, 6.07) is 0.294. The van der Waals surface area contributed by atoms with E-state index in [1.165, 1.54) is 0 Å². The van der Waals surface area contributed by atoms with Gasteiger partial charge in [-0.15, -0.1) is 0 Å². The van der Waals surface area contributed by atoms with Crippen LogP contribution in [0, 0.1) is 11.8 Å². The maximum atomic E-state index is 11.9. The fourth-order valence-corrected chi connectivity index (χ4v) is 3.38. The van der Waals surface area contributed by atoms with Crippen LogP contribution in [0.1, 0.15) is 46.5 Å². The highest BCUT2D eigenvalue weighted by molar-refractivity contribution is 5.70. The second-order valence-corrected chi connectivity index (χ2v) is 7.13. The minimum absolute atomic E-state index is 0.00625. The van der Waals surface area contributed by atoms with Crippen molar-refractivity contribution in [3.8, 4) is 0 Å². The van der Waals surface area contributed by atoms with Crippen LogP contribution < -0.4 is 10.6 Å². The van der Waals surface area contributed by atoms with Gasteiger partial charge in [0.15, 0.2) is 0 Å². The number of rotatable bonds is 2. The number of fused-ring (bicyclic) bond motifs is 1. The number of aliphatic carboxylic acids is 1. The molecule has 1 aliphatic heterocycles. The number of nitrogens with one attached hydrogen (secondary N) is 2. The minimum Gasteiger partial charge on any atom is -0.481 e. The van der Waals surface area contributed by atoms with Gasteiger partial charge >= 0.3 is 12.1 Å². The average molecular weight is 298 g/mol. The molecule has 120 valence electrons. The van der Waals surface area contributed by atoms with Crippen LogP contribution in [0.5, 0.6) is 0 Å². The molecule has 1 saturated carbocycles. The minimum atomic E-state index is -0.762. The maximum absolute atomic E-state index is 11.9. The van der Waals surface area contributed by atoms with E-state index in [2.05, 4.69) is 10.6 Å². The average Bonchev–Trinajstić information content (AvgIpc) is 2.36. The molecule has 1 aliphatic carbocycles. The van der Waals surface area contributed by atoms with Gasteiger partial charge in [-0.2, -0.15) is 0 Å². The SMILES string of the molecule is CC(C)(C)OC(=O)NC1CCCC2NCC(C(=O)O)CC21. The Morgan fingerprint density at radius 2 is 2.00 bits per heavy atom. The van der Waals surface area contributed by atoms with Crippen LogP contribution in [0.4, 0.5) is 4.79 Å². The summed E-state index contributed by atoms with van der Waals surface area (Å²) in [7, 11) is 0. The second-order valence-electron chi connectivity index (χ2n) is 7.13. The first-order chi connectivity index (χ1) is 9.76. The zero-order valence-electron chi connectivity index (χ0n) is 13.0. The topological polar surface area (TPSA) is 87.7 Å². The van der Waals surface area contributed by atoms with Crippen LogP contribution in [-0.2, 0) is 9.53 Å². The van der Waals surface area contributed by atoms with E-state index in [4.69, 9.17) is 4.74 Å². The van der Waals surface area contributed by atoms with E-state index in [-0.39, 0.29) is 17.9 Å². The summed E-state index contributed by atoms with van der Waals surface area (Å²) < 4.78 is 5.31. The fraction of sp³-hybridized carbons (Fsp3) is 0.867. The van der Waals surface area contributed by atoms with E-state index in [0.29, 0.717) is 19.0 Å². The van der Waals surface area contributed by atoms with E-state index in [9.17, 15) is 14.7 Å². The van der Waals surface area contributed by atoms with Gasteiger partial charge in [-0.1, -0.05) is 0 Å².